The second-order valence-corrected chi connectivity index (χ2v) is 9.20. The van der Waals surface area contributed by atoms with Crippen molar-refractivity contribution in [3.8, 4) is 11.3 Å². The van der Waals surface area contributed by atoms with E-state index in [9.17, 15) is 4.79 Å². The standard InChI is InChI=1S/C21H25N3O2S/c1-13-3-2-4-15(18(13)22)16-12-27-19(23-16)17-11-24(7-8-26-17)20(25)21-6-5-14(9-21)10-21/h2-4,12,14,17H,5-11,22H2,1H3. The highest BCUT2D eigenvalue weighted by Crippen LogP contribution is 2.59. The summed E-state index contributed by atoms with van der Waals surface area (Å²) in [5.74, 6) is 1.15. The van der Waals surface area contributed by atoms with Gasteiger partial charge in [0.25, 0.3) is 0 Å². The van der Waals surface area contributed by atoms with Crippen LogP contribution in [-0.4, -0.2) is 35.5 Å². The van der Waals surface area contributed by atoms with Gasteiger partial charge >= 0.3 is 0 Å². The summed E-state index contributed by atoms with van der Waals surface area (Å²) in [6, 6.07) is 6.02. The molecule has 1 saturated heterocycles. The van der Waals surface area contributed by atoms with Crippen molar-refractivity contribution in [2.75, 3.05) is 25.4 Å². The third kappa shape index (κ3) is 2.77. The van der Waals surface area contributed by atoms with Crippen LogP contribution in [0.25, 0.3) is 11.3 Å². The number of nitrogen functional groups attached to an aromatic ring is 1. The van der Waals surface area contributed by atoms with Crippen LogP contribution in [0.2, 0.25) is 0 Å². The summed E-state index contributed by atoms with van der Waals surface area (Å²) >= 11 is 1.59. The summed E-state index contributed by atoms with van der Waals surface area (Å²) in [5.41, 5.74) is 9.87. The summed E-state index contributed by atoms with van der Waals surface area (Å²) in [7, 11) is 0. The largest absolute Gasteiger partial charge is 0.398 e. The van der Waals surface area contributed by atoms with Crippen LogP contribution >= 0.6 is 11.3 Å². The van der Waals surface area contributed by atoms with Crippen molar-refractivity contribution in [1.82, 2.24) is 9.88 Å². The lowest BCUT2D eigenvalue weighted by molar-refractivity contribution is -0.154. The molecular formula is C21H25N3O2S. The number of thiazole rings is 1. The van der Waals surface area contributed by atoms with Gasteiger partial charge in [0.2, 0.25) is 5.91 Å². The van der Waals surface area contributed by atoms with Crippen LogP contribution in [0.1, 0.15) is 42.4 Å². The van der Waals surface area contributed by atoms with Gasteiger partial charge in [0.05, 0.1) is 18.8 Å². The number of anilines is 1. The highest BCUT2D eigenvalue weighted by molar-refractivity contribution is 7.10. The predicted octanol–water partition coefficient (Wildman–Crippen LogP) is 3.79. The average Bonchev–Trinajstić information content (AvgIpc) is 3.39. The van der Waals surface area contributed by atoms with Gasteiger partial charge in [0.1, 0.15) is 11.1 Å². The molecule has 1 aromatic carbocycles. The lowest BCUT2D eigenvalue weighted by Gasteiger charge is -2.43. The van der Waals surface area contributed by atoms with E-state index >= 15 is 0 Å². The number of fused-ring (bicyclic) bond motifs is 1. The fourth-order valence-electron chi connectivity index (χ4n) is 5.00. The topological polar surface area (TPSA) is 68.5 Å². The molecule has 6 heteroatoms. The normalized spacial score (nSPS) is 29.6. The van der Waals surface area contributed by atoms with Crippen molar-refractivity contribution < 1.29 is 9.53 Å². The Hall–Kier alpha value is -1.92. The van der Waals surface area contributed by atoms with Gasteiger partial charge in [-0.1, -0.05) is 18.2 Å². The monoisotopic (exact) mass is 383 g/mol. The van der Waals surface area contributed by atoms with E-state index in [0.717, 1.165) is 52.7 Å². The molecule has 1 aliphatic heterocycles. The Morgan fingerprint density at radius 3 is 3.04 bits per heavy atom. The molecule has 6 rings (SSSR count). The van der Waals surface area contributed by atoms with Crippen LogP contribution < -0.4 is 5.73 Å². The number of benzene rings is 1. The predicted molar refractivity (Wildman–Crippen MR) is 106 cm³/mol. The second kappa shape index (κ2) is 6.31. The first-order valence-corrected chi connectivity index (χ1v) is 10.7. The van der Waals surface area contributed by atoms with Crippen molar-refractivity contribution in [2.45, 2.75) is 38.7 Å². The molecule has 3 aliphatic carbocycles. The molecular weight excluding hydrogens is 358 g/mol. The number of ether oxygens (including phenoxy) is 1. The Morgan fingerprint density at radius 2 is 2.26 bits per heavy atom. The van der Waals surface area contributed by atoms with Crippen molar-refractivity contribution in [3.05, 3.63) is 34.2 Å². The number of para-hydroxylation sites is 1. The molecule has 2 heterocycles. The van der Waals surface area contributed by atoms with E-state index in [4.69, 9.17) is 15.5 Å². The van der Waals surface area contributed by atoms with Crippen LogP contribution in [0, 0.1) is 18.3 Å². The second-order valence-electron chi connectivity index (χ2n) is 8.31. The Bertz CT molecular complexity index is 882. The fourth-order valence-corrected chi connectivity index (χ4v) is 5.85. The smallest absolute Gasteiger partial charge is 0.228 e. The third-order valence-electron chi connectivity index (χ3n) is 6.59. The molecule has 4 fully saturated rings. The van der Waals surface area contributed by atoms with E-state index < -0.39 is 0 Å². The number of hydrogen-bond acceptors (Lipinski definition) is 5. The minimum atomic E-state index is -0.138. The molecule has 2 aromatic rings. The summed E-state index contributed by atoms with van der Waals surface area (Å²) in [4.78, 5) is 19.9. The van der Waals surface area contributed by atoms with Crippen LogP contribution in [0.4, 0.5) is 5.69 Å². The highest BCUT2D eigenvalue weighted by atomic mass is 32.1. The number of nitrogens with two attached hydrogens (primary N) is 1. The molecule has 3 saturated carbocycles. The summed E-state index contributed by atoms with van der Waals surface area (Å²) in [6.45, 7) is 3.90. The number of rotatable bonds is 3. The van der Waals surface area contributed by atoms with E-state index in [2.05, 4.69) is 0 Å². The van der Waals surface area contributed by atoms with Crippen molar-refractivity contribution >= 4 is 22.9 Å². The van der Waals surface area contributed by atoms with Gasteiger partial charge in [-0.15, -0.1) is 11.3 Å². The number of nitrogens with zero attached hydrogens (tertiary/aromatic N) is 2. The molecule has 142 valence electrons. The molecule has 5 nitrogen and oxygen atoms in total. The zero-order valence-corrected chi connectivity index (χ0v) is 16.4. The fraction of sp³-hybridized carbons (Fsp3) is 0.524. The molecule has 2 N–H and O–H groups in total. The van der Waals surface area contributed by atoms with Gasteiger partial charge in [0.15, 0.2) is 0 Å². The SMILES string of the molecule is Cc1cccc(-c2csc(C3CN(C(=O)C45CCC(C4)C5)CCO3)n2)c1N. The molecule has 0 spiro atoms. The third-order valence-corrected chi connectivity index (χ3v) is 7.53. The highest BCUT2D eigenvalue weighted by Gasteiger charge is 2.56. The van der Waals surface area contributed by atoms with Gasteiger partial charge in [-0.3, -0.25) is 4.79 Å². The lowest BCUT2D eigenvalue weighted by atomic mass is 9.68. The van der Waals surface area contributed by atoms with Crippen LogP contribution in [0.5, 0.6) is 0 Å². The van der Waals surface area contributed by atoms with Crippen molar-refractivity contribution in [3.63, 3.8) is 0 Å². The molecule has 4 aliphatic rings. The van der Waals surface area contributed by atoms with Crippen LogP contribution in [0.15, 0.2) is 23.6 Å². The maximum absolute atomic E-state index is 13.1. The molecule has 27 heavy (non-hydrogen) atoms. The van der Waals surface area contributed by atoms with E-state index in [-0.39, 0.29) is 11.5 Å². The zero-order chi connectivity index (χ0) is 18.6. The number of aryl methyl sites for hydroxylation is 1. The van der Waals surface area contributed by atoms with E-state index in [1.807, 2.05) is 35.4 Å². The first-order valence-electron chi connectivity index (χ1n) is 9.78. The molecule has 1 atom stereocenters. The Labute approximate surface area is 163 Å². The van der Waals surface area contributed by atoms with Crippen molar-refractivity contribution in [1.29, 1.82) is 0 Å². The summed E-state index contributed by atoms with van der Waals surface area (Å²) < 4.78 is 5.98. The van der Waals surface area contributed by atoms with Crippen molar-refractivity contribution in [2.24, 2.45) is 11.3 Å². The average molecular weight is 384 g/mol. The van der Waals surface area contributed by atoms with Gasteiger partial charge < -0.3 is 15.4 Å². The number of amides is 1. The van der Waals surface area contributed by atoms with Crippen LogP contribution in [0.3, 0.4) is 0 Å². The maximum atomic E-state index is 13.1. The Balaban J connectivity index is 1.34. The quantitative estimate of drug-likeness (QED) is 0.819. The zero-order valence-electron chi connectivity index (χ0n) is 15.6. The van der Waals surface area contributed by atoms with Gasteiger partial charge in [-0.2, -0.15) is 0 Å². The Kier molecular flexibility index (Phi) is 4.02. The van der Waals surface area contributed by atoms with Crippen LogP contribution in [-0.2, 0) is 9.53 Å². The molecule has 1 aromatic heterocycles. The first kappa shape index (κ1) is 17.2. The minimum absolute atomic E-state index is 0.0450. The number of morpholine rings is 1. The molecule has 0 radical (unpaired) electrons. The number of carbonyl (C=O) groups excluding carboxylic acids is 1. The Morgan fingerprint density at radius 1 is 1.41 bits per heavy atom. The summed E-state index contributed by atoms with van der Waals surface area (Å²) in [6.07, 6.45) is 4.37. The van der Waals surface area contributed by atoms with E-state index in [1.165, 1.54) is 6.42 Å². The van der Waals surface area contributed by atoms with E-state index in [1.54, 1.807) is 11.3 Å². The number of carbonyl (C=O) groups is 1. The first-order chi connectivity index (χ1) is 13.1. The molecule has 1 amide bonds. The van der Waals surface area contributed by atoms with Gasteiger partial charge in [0, 0.05) is 28.6 Å². The lowest BCUT2D eigenvalue weighted by Crippen LogP contribution is -2.51. The minimum Gasteiger partial charge on any atom is -0.398 e. The van der Waals surface area contributed by atoms with Gasteiger partial charge in [-0.25, -0.2) is 4.98 Å². The van der Waals surface area contributed by atoms with Gasteiger partial charge in [-0.05, 0) is 44.1 Å². The molecule has 1 unspecified atom stereocenters. The maximum Gasteiger partial charge on any atom is 0.228 e. The number of aromatic nitrogens is 1. The number of hydrogen-bond donors (Lipinski definition) is 1. The summed E-state index contributed by atoms with van der Waals surface area (Å²) in [5, 5.41) is 2.97. The van der Waals surface area contributed by atoms with E-state index in [0.29, 0.717) is 25.6 Å². The molecule has 2 bridgehead atoms.